The Morgan fingerprint density at radius 2 is 1.87 bits per heavy atom. The van der Waals surface area contributed by atoms with Crippen molar-refractivity contribution in [1.82, 2.24) is 19.5 Å². The van der Waals surface area contributed by atoms with E-state index in [0.717, 1.165) is 42.7 Å². The standard InChI is InChI=1S/C26H26ClN5O5S/c1-36-18-10-13-31(14-11-18)17-6-9-23(37-2)24(16-17)38(34,35)30-26(33)21-8-7-19-20(28-21)4-3-5-22(19)32-15-12-25(27)29-32/h3-9,12,15-16,18H,10-11,13-14H2,1-2H3,(H,30,33). The number of fused-ring (bicyclic) bond motifs is 1. The first kappa shape index (κ1) is 26.0. The van der Waals surface area contributed by atoms with E-state index in [1.54, 1.807) is 48.3 Å². The van der Waals surface area contributed by atoms with Gasteiger partial charge in [0.05, 0.1) is 24.4 Å². The number of rotatable bonds is 7. The number of methoxy groups -OCH3 is 2. The fraction of sp³-hybridized carbons (Fsp3) is 0.269. The van der Waals surface area contributed by atoms with Gasteiger partial charge in [-0.2, -0.15) is 5.10 Å². The Hall–Kier alpha value is -3.67. The molecule has 4 aromatic rings. The summed E-state index contributed by atoms with van der Waals surface area (Å²) in [6.07, 6.45) is 3.58. The van der Waals surface area contributed by atoms with Gasteiger partial charge in [0.25, 0.3) is 15.9 Å². The van der Waals surface area contributed by atoms with E-state index in [1.165, 1.54) is 19.2 Å². The SMILES string of the molecule is COc1ccc(N2CCC(OC)CC2)cc1S(=O)(=O)NC(=O)c1ccc2c(-n3ccc(Cl)n3)cccc2n1. The summed E-state index contributed by atoms with van der Waals surface area (Å²) in [6, 6.07) is 15.1. The normalized spacial score (nSPS) is 14.6. The Labute approximate surface area is 225 Å². The first-order chi connectivity index (χ1) is 18.3. The number of ether oxygens (including phenoxy) is 2. The Bertz CT molecular complexity index is 1600. The maximum Gasteiger partial charge on any atom is 0.283 e. The highest BCUT2D eigenvalue weighted by Crippen LogP contribution is 2.31. The van der Waals surface area contributed by atoms with Gasteiger partial charge in [0.2, 0.25) is 0 Å². The highest BCUT2D eigenvalue weighted by molar-refractivity contribution is 7.90. The third kappa shape index (κ3) is 5.17. The molecule has 0 unspecified atom stereocenters. The van der Waals surface area contributed by atoms with Crippen molar-refractivity contribution < 1.29 is 22.7 Å². The minimum Gasteiger partial charge on any atom is -0.495 e. The summed E-state index contributed by atoms with van der Waals surface area (Å²) in [6.45, 7) is 1.45. The van der Waals surface area contributed by atoms with Gasteiger partial charge in [0.15, 0.2) is 5.15 Å². The van der Waals surface area contributed by atoms with Gasteiger partial charge in [-0.3, -0.25) is 4.79 Å². The lowest BCUT2D eigenvalue weighted by atomic mass is 10.1. The maximum absolute atomic E-state index is 13.3. The van der Waals surface area contributed by atoms with Gasteiger partial charge >= 0.3 is 0 Å². The average molecular weight is 556 g/mol. The number of hydrogen-bond donors (Lipinski definition) is 1. The van der Waals surface area contributed by atoms with Crippen LogP contribution in [-0.2, 0) is 14.8 Å². The van der Waals surface area contributed by atoms with E-state index in [0.29, 0.717) is 10.7 Å². The molecule has 0 aliphatic carbocycles. The summed E-state index contributed by atoms with van der Waals surface area (Å²) in [7, 11) is -1.19. The zero-order chi connectivity index (χ0) is 26.9. The zero-order valence-electron chi connectivity index (χ0n) is 20.8. The lowest BCUT2D eigenvalue weighted by Gasteiger charge is -2.33. The number of amides is 1. The molecule has 0 bridgehead atoms. The molecule has 2 aromatic heterocycles. The van der Waals surface area contributed by atoms with E-state index in [-0.39, 0.29) is 22.4 Å². The second-order valence-electron chi connectivity index (χ2n) is 8.82. The minimum atomic E-state index is -4.27. The molecule has 1 N–H and O–H groups in total. The molecule has 12 heteroatoms. The van der Waals surface area contributed by atoms with Crippen molar-refractivity contribution >= 4 is 44.1 Å². The number of anilines is 1. The van der Waals surface area contributed by atoms with E-state index in [2.05, 4.69) is 19.7 Å². The predicted molar refractivity (Wildman–Crippen MR) is 144 cm³/mol. The van der Waals surface area contributed by atoms with E-state index < -0.39 is 15.9 Å². The first-order valence-electron chi connectivity index (χ1n) is 11.9. The molecule has 198 valence electrons. The topological polar surface area (TPSA) is 116 Å². The Balaban J connectivity index is 1.41. The van der Waals surface area contributed by atoms with Gasteiger partial charge < -0.3 is 14.4 Å². The third-order valence-electron chi connectivity index (χ3n) is 6.55. The summed E-state index contributed by atoms with van der Waals surface area (Å²) in [5, 5.41) is 5.27. The van der Waals surface area contributed by atoms with Crippen LogP contribution in [0.2, 0.25) is 5.15 Å². The predicted octanol–water partition coefficient (Wildman–Crippen LogP) is 3.82. The molecule has 0 atom stereocenters. The van der Waals surface area contributed by atoms with E-state index in [9.17, 15) is 13.2 Å². The molecule has 0 saturated carbocycles. The number of benzene rings is 2. The largest absolute Gasteiger partial charge is 0.495 e. The molecule has 38 heavy (non-hydrogen) atoms. The fourth-order valence-corrected chi connectivity index (χ4v) is 5.84. The van der Waals surface area contributed by atoms with Gasteiger partial charge in [-0.15, -0.1) is 0 Å². The maximum atomic E-state index is 13.3. The van der Waals surface area contributed by atoms with Gasteiger partial charge in [-0.25, -0.2) is 22.8 Å². The highest BCUT2D eigenvalue weighted by atomic mass is 35.5. The van der Waals surface area contributed by atoms with E-state index in [1.807, 2.05) is 12.1 Å². The molecular weight excluding hydrogens is 530 g/mol. The van der Waals surface area contributed by atoms with Gasteiger partial charge in [0.1, 0.15) is 16.3 Å². The second-order valence-corrected chi connectivity index (χ2v) is 10.9. The van der Waals surface area contributed by atoms with E-state index >= 15 is 0 Å². The van der Waals surface area contributed by atoms with Crippen LogP contribution in [0, 0.1) is 0 Å². The average Bonchev–Trinajstić information content (AvgIpc) is 3.37. The fourth-order valence-electron chi connectivity index (χ4n) is 4.55. The molecule has 5 rings (SSSR count). The van der Waals surface area contributed by atoms with Crippen LogP contribution in [0.25, 0.3) is 16.6 Å². The quantitative estimate of drug-likeness (QED) is 0.366. The van der Waals surface area contributed by atoms with Crippen molar-refractivity contribution in [3.63, 3.8) is 0 Å². The lowest BCUT2D eigenvalue weighted by Crippen LogP contribution is -2.37. The highest BCUT2D eigenvalue weighted by Gasteiger charge is 2.26. The van der Waals surface area contributed by atoms with Crippen molar-refractivity contribution in [2.24, 2.45) is 0 Å². The summed E-state index contributed by atoms with van der Waals surface area (Å²) < 4.78 is 41.1. The molecule has 0 spiro atoms. The van der Waals surface area contributed by atoms with Gasteiger partial charge in [-0.1, -0.05) is 17.7 Å². The molecule has 10 nitrogen and oxygen atoms in total. The number of hydrogen-bond acceptors (Lipinski definition) is 8. The van der Waals surface area contributed by atoms with Crippen molar-refractivity contribution in [3.05, 3.63) is 71.6 Å². The Morgan fingerprint density at radius 1 is 1.08 bits per heavy atom. The Kier molecular flexibility index (Phi) is 7.24. The molecule has 1 amide bonds. The summed E-state index contributed by atoms with van der Waals surface area (Å²) in [5.74, 6) is -0.720. The second kappa shape index (κ2) is 10.6. The van der Waals surface area contributed by atoms with Crippen LogP contribution in [0.3, 0.4) is 0 Å². The van der Waals surface area contributed by atoms with Crippen LogP contribution in [0.5, 0.6) is 5.75 Å². The number of carbonyl (C=O) groups excluding carboxylic acids is 1. The number of carbonyl (C=O) groups is 1. The molecule has 1 fully saturated rings. The number of piperidine rings is 1. The van der Waals surface area contributed by atoms with Crippen LogP contribution in [0.15, 0.2) is 65.7 Å². The zero-order valence-corrected chi connectivity index (χ0v) is 22.4. The number of nitrogens with zero attached hydrogens (tertiary/aromatic N) is 4. The molecule has 0 radical (unpaired) electrons. The lowest BCUT2D eigenvalue weighted by molar-refractivity contribution is 0.0819. The Morgan fingerprint density at radius 3 is 2.55 bits per heavy atom. The van der Waals surface area contributed by atoms with Crippen molar-refractivity contribution in [1.29, 1.82) is 0 Å². The van der Waals surface area contributed by atoms with E-state index in [4.69, 9.17) is 21.1 Å². The monoisotopic (exact) mass is 555 g/mol. The van der Waals surface area contributed by atoms with Crippen molar-refractivity contribution in [2.45, 2.75) is 23.8 Å². The minimum absolute atomic E-state index is 0.0477. The van der Waals surface area contributed by atoms with Crippen LogP contribution in [-0.4, -0.2) is 62.5 Å². The molecular formula is C26H26ClN5O5S. The number of nitrogens with one attached hydrogen (secondary N) is 1. The van der Waals surface area contributed by atoms with Crippen molar-refractivity contribution in [3.8, 4) is 11.4 Å². The summed E-state index contributed by atoms with van der Waals surface area (Å²) in [4.78, 5) is 19.4. The van der Waals surface area contributed by atoms with Gasteiger partial charge in [0, 0.05) is 37.5 Å². The molecule has 1 saturated heterocycles. The molecule has 2 aromatic carbocycles. The first-order valence-corrected chi connectivity index (χ1v) is 13.8. The smallest absolute Gasteiger partial charge is 0.283 e. The molecule has 1 aliphatic heterocycles. The number of halogens is 1. The summed E-state index contributed by atoms with van der Waals surface area (Å²) >= 11 is 5.95. The number of aromatic nitrogens is 3. The number of pyridine rings is 1. The summed E-state index contributed by atoms with van der Waals surface area (Å²) in [5.41, 5.74) is 1.90. The molecule has 3 heterocycles. The van der Waals surface area contributed by atoms with Crippen LogP contribution in [0.1, 0.15) is 23.3 Å². The third-order valence-corrected chi connectivity index (χ3v) is 8.10. The van der Waals surface area contributed by atoms with Crippen LogP contribution in [0.4, 0.5) is 5.69 Å². The van der Waals surface area contributed by atoms with Crippen LogP contribution < -0.4 is 14.4 Å². The molecule has 1 aliphatic rings. The number of sulfonamides is 1. The van der Waals surface area contributed by atoms with Gasteiger partial charge in [-0.05, 0) is 61.4 Å². The van der Waals surface area contributed by atoms with Crippen molar-refractivity contribution in [2.75, 3.05) is 32.2 Å². The van der Waals surface area contributed by atoms with Crippen LogP contribution >= 0.6 is 11.6 Å².